The average molecular weight is 573 g/mol. The number of imidazole rings is 1. The SMILES string of the molecule is Cc1cn(-c2cc(CN3CCC[C@H](NC(=O)OC(C)(C)C)C3)cc(NC(=O)c3cccc(-c4cscn4)c3)c2)cn1. The summed E-state index contributed by atoms with van der Waals surface area (Å²) in [7, 11) is 0. The molecule has 0 radical (unpaired) electrons. The summed E-state index contributed by atoms with van der Waals surface area (Å²) in [5.74, 6) is -0.188. The lowest BCUT2D eigenvalue weighted by molar-refractivity contribution is 0.0470. The van der Waals surface area contributed by atoms with Crippen molar-refractivity contribution in [3.63, 3.8) is 0 Å². The van der Waals surface area contributed by atoms with E-state index in [1.54, 1.807) is 17.9 Å². The number of piperidine rings is 1. The molecule has 2 N–H and O–H groups in total. The highest BCUT2D eigenvalue weighted by Gasteiger charge is 2.24. The highest BCUT2D eigenvalue weighted by Crippen LogP contribution is 2.24. The Bertz CT molecular complexity index is 1510. The van der Waals surface area contributed by atoms with E-state index < -0.39 is 5.60 Å². The number of benzene rings is 2. The molecule has 0 unspecified atom stereocenters. The number of carbonyl (C=O) groups excluding carboxylic acids is 2. The second-order valence-electron chi connectivity index (χ2n) is 11.4. The number of carbonyl (C=O) groups is 2. The third kappa shape index (κ3) is 7.80. The summed E-state index contributed by atoms with van der Waals surface area (Å²) >= 11 is 1.52. The van der Waals surface area contributed by atoms with Gasteiger partial charge in [0.15, 0.2) is 0 Å². The maximum Gasteiger partial charge on any atom is 0.407 e. The zero-order valence-electron chi connectivity index (χ0n) is 23.9. The first-order valence-corrected chi connectivity index (χ1v) is 14.7. The van der Waals surface area contributed by atoms with Gasteiger partial charge in [-0.15, -0.1) is 11.3 Å². The highest BCUT2D eigenvalue weighted by atomic mass is 32.1. The fraction of sp³-hybridized carbons (Fsp3) is 0.355. The van der Waals surface area contributed by atoms with E-state index in [1.165, 1.54) is 11.3 Å². The summed E-state index contributed by atoms with van der Waals surface area (Å²) in [5, 5.41) is 8.09. The van der Waals surface area contributed by atoms with Gasteiger partial charge in [-0.1, -0.05) is 12.1 Å². The van der Waals surface area contributed by atoms with E-state index >= 15 is 0 Å². The van der Waals surface area contributed by atoms with Crippen molar-refractivity contribution in [1.29, 1.82) is 0 Å². The fourth-order valence-corrected chi connectivity index (χ4v) is 5.54. The molecule has 0 bridgehead atoms. The highest BCUT2D eigenvalue weighted by molar-refractivity contribution is 7.07. The summed E-state index contributed by atoms with van der Waals surface area (Å²) in [5.41, 5.74) is 7.15. The number of hydrogen-bond acceptors (Lipinski definition) is 7. The van der Waals surface area contributed by atoms with Crippen molar-refractivity contribution in [2.24, 2.45) is 0 Å². The molecule has 2 aromatic heterocycles. The third-order valence-electron chi connectivity index (χ3n) is 6.73. The Hall–Kier alpha value is -4.02. The van der Waals surface area contributed by atoms with Crippen LogP contribution >= 0.6 is 11.3 Å². The van der Waals surface area contributed by atoms with Crippen LogP contribution in [0.2, 0.25) is 0 Å². The van der Waals surface area contributed by atoms with E-state index in [9.17, 15) is 9.59 Å². The standard InChI is InChI=1S/C31H36N6O3S/c1-21-15-37(19-32-21)27-12-22(16-36-10-6-9-25(17-36)35-30(39)40-31(2,3)4)11-26(14-27)34-29(38)24-8-5-7-23(13-24)28-18-41-20-33-28/h5,7-8,11-15,18-20,25H,6,9-10,16-17H2,1-4H3,(H,34,38)(H,35,39)/t25-/m0/s1. The summed E-state index contributed by atoms with van der Waals surface area (Å²) in [6.07, 6.45) is 5.24. The quantitative estimate of drug-likeness (QED) is 0.280. The van der Waals surface area contributed by atoms with Crippen molar-refractivity contribution in [2.75, 3.05) is 18.4 Å². The molecule has 0 spiro atoms. The van der Waals surface area contributed by atoms with Crippen LogP contribution in [0.3, 0.4) is 0 Å². The van der Waals surface area contributed by atoms with E-state index in [1.807, 2.05) is 74.2 Å². The van der Waals surface area contributed by atoms with Crippen molar-refractivity contribution in [3.05, 3.63) is 82.7 Å². The van der Waals surface area contributed by atoms with Gasteiger partial charge in [0.1, 0.15) is 5.60 Å². The van der Waals surface area contributed by atoms with Gasteiger partial charge in [-0.25, -0.2) is 14.8 Å². The molecular formula is C31H36N6O3S. The largest absolute Gasteiger partial charge is 0.444 e. The average Bonchev–Trinajstić information content (AvgIpc) is 3.60. The summed E-state index contributed by atoms with van der Waals surface area (Å²) in [6.45, 7) is 9.86. The van der Waals surface area contributed by atoms with Crippen LogP contribution in [-0.2, 0) is 11.3 Å². The first-order valence-electron chi connectivity index (χ1n) is 13.8. The first kappa shape index (κ1) is 28.5. The zero-order valence-corrected chi connectivity index (χ0v) is 24.7. The molecule has 1 fully saturated rings. The van der Waals surface area contributed by atoms with Gasteiger partial charge >= 0.3 is 6.09 Å². The van der Waals surface area contributed by atoms with Gasteiger partial charge in [0.05, 0.1) is 23.2 Å². The van der Waals surface area contributed by atoms with Crippen molar-refractivity contribution < 1.29 is 14.3 Å². The molecule has 41 heavy (non-hydrogen) atoms. The molecule has 4 aromatic rings. The molecule has 5 rings (SSSR count). The minimum atomic E-state index is -0.534. The first-order chi connectivity index (χ1) is 19.6. The second kappa shape index (κ2) is 12.2. The molecule has 2 aromatic carbocycles. The normalized spacial score (nSPS) is 15.9. The lowest BCUT2D eigenvalue weighted by atomic mass is 10.0. The monoisotopic (exact) mass is 572 g/mol. The van der Waals surface area contributed by atoms with Gasteiger partial charge < -0.3 is 19.9 Å². The number of aromatic nitrogens is 3. The number of anilines is 1. The van der Waals surface area contributed by atoms with Gasteiger partial charge in [-0.2, -0.15) is 0 Å². The number of alkyl carbamates (subject to hydrolysis) is 1. The molecule has 1 aliphatic rings. The van der Waals surface area contributed by atoms with Gasteiger partial charge in [0, 0.05) is 53.2 Å². The minimum Gasteiger partial charge on any atom is -0.444 e. The molecule has 1 atom stereocenters. The van der Waals surface area contributed by atoms with Crippen LogP contribution in [0, 0.1) is 6.92 Å². The third-order valence-corrected chi connectivity index (χ3v) is 7.32. The Morgan fingerprint density at radius 2 is 2.00 bits per heavy atom. The Morgan fingerprint density at radius 3 is 2.73 bits per heavy atom. The lowest BCUT2D eigenvalue weighted by Gasteiger charge is -2.33. The molecule has 214 valence electrons. The number of amides is 2. The van der Waals surface area contributed by atoms with Crippen molar-refractivity contribution in [2.45, 2.75) is 58.7 Å². The van der Waals surface area contributed by atoms with Gasteiger partial charge in [0.25, 0.3) is 5.91 Å². The van der Waals surface area contributed by atoms with Crippen LogP contribution in [0.25, 0.3) is 16.9 Å². The Labute approximate surface area is 244 Å². The van der Waals surface area contributed by atoms with E-state index in [-0.39, 0.29) is 18.0 Å². The maximum absolute atomic E-state index is 13.3. The number of likely N-dealkylation sites (tertiary alicyclic amines) is 1. The van der Waals surface area contributed by atoms with E-state index in [0.717, 1.165) is 54.1 Å². The number of nitrogens with one attached hydrogen (secondary N) is 2. The van der Waals surface area contributed by atoms with Crippen molar-refractivity contribution in [3.8, 4) is 16.9 Å². The molecule has 1 aliphatic heterocycles. The Morgan fingerprint density at radius 1 is 1.15 bits per heavy atom. The molecular weight excluding hydrogens is 536 g/mol. The van der Waals surface area contributed by atoms with Crippen LogP contribution in [0.1, 0.15) is 55.2 Å². The predicted molar refractivity (Wildman–Crippen MR) is 161 cm³/mol. The van der Waals surface area contributed by atoms with E-state index in [4.69, 9.17) is 4.74 Å². The molecule has 1 saturated heterocycles. The smallest absolute Gasteiger partial charge is 0.407 e. The lowest BCUT2D eigenvalue weighted by Crippen LogP contribution is -2.48. The Kier molecular flexibility index (Phi) is 8.51. The Balaban J connectivity index is 1.34. The number of rotatable bonds is 7. The number of aryl methyl sites for hydroxylation is 1. The van der Waals surface area contributed by atoms with Crippen LogP contribution in [-0.4, -0.2) is 56.2 Å². The molecule has 0 saturated carbocycles. The molecule has 9 nitrogen and oxygen atoms in total. The van der Waals surface area contributed by atoms with Gasteiger partial charge in [-0.3, -0.25) is 9.69 Å². The molecule has 10 heteroatoms. The summed E-state index contributed by atoms with van der Waals surface area (Å²) in [4.78, 5) is 36.7. The van der Waals surface area contributed by atoms with E-state index in [2.05, 4.69) is 31.6 Å². The maximum atomic E-state index is 13.3. The van der Waals surface area contributed by atoms with Crippen LogP contribution < -0.4 is 10.6 Å². The topological polar surface area (TPSA) is 101 Å². The summed E-state index contributed by atoms with van der Waals surface area (Å²) < 4.78 is 7.42. The zero-order chi connectivity index (χ0) is 29.0. The van der Waals surface area contributed by atoms with Gasteiger partial charge in [-0.05, 0) is 83.0 Å². The van der Waals surface area contributed by atoms with Crippen molar-refractivity contribution in [1.82, 2.24) is 24.8 Å². The fourth-order valence-electron chi connectivity index (χ4n) is 4.98. The van der Waals surface area contributed by atoms with Gasteiger partial charge in [0.2, 0.25) is 0 Å². The number of hydrogen-bond donors (Lipinski definition) is 2. The molecule has 0 aliphatic carbocycles. The number of thiazole rings is 1. The van der Waals surface area contributed by atoms with Crippen LogP contribution in [0.4, 0.5) is 10.5 Å². The van der Waals surface area contributed by atoms with Crippen LogP contribution in [0.5, 0.6) is 0 Å². The molecule has 3 heterocycles. The minimum absolute atomic E-state index is 0.0160. The van der Waals surface area contributed by atoms with E-state index in [0.29, 0.717) is 17.8 Å². The number of ether oxygens (including phenoxy) is 1. The molecule has 2 amide bonds. The van der Waals surface area contributed by atoms with Crippen LogP contribution in [0.15, 0.2) is 65.9 Å². The second-order valence-corrected chi connectivity index (χ2v) is 12.2. The number of nitrogens with zero attached hydrogens (tertiary/aromatic N) is 4. The van der Waals surface area contributed by atoms with Crippen molar-refractivity contribution >= 4 is 29.0 Å². The summed E-state index contributed by atoms with van der Waals surface area (Å²) in [6, 6.07) is 13.6. The predicted octanol–water partition coefficient (Wildman–Crippen LogP) is 6.05.